The van der Waals surface area contributed by atoms with Crippen LogP contribution in [0.2, 0.25) is 0 Å². The van der Waals surface area contributed by atoms with Gasteiger partial charge in [-0.3, -0.25) is 0 Å². The maximum atomic E-state index is 11.9. The van der Waals surface area contributed by atoms with Crippen molar-refractivity contribution in [3.8, 4) is 0 Å². The summed E-state index contributed by atoms with van der Waals surface area (Å²) in [4.78, 5) is 10.7. The molecule has 1 heterocycles. The Labute approximate surface area is 60.0 Å². The topological polar surface area (TPSA) is 65.8 Å². The number of aryl methyl sites for hydroxylation is 1. The molecule has 1 rings (SSSR count). The second-order valence-corrected chi connectivity index (χ2v) is 1.94. The summed E-state index contributed by atoms with van der Waals surface area (Å²) >= 11 is 0. The minimum atomic E-state index is -2.83. The maximum Gasteiger partial charge on any atom is 0.364 e. The highest BCUT2D eigenvalue weighted by atomic mass is 19.3. The molecular formula is C4H6F2N4O. The highest BCUT2D eigenvalue weighted by Gasteiger charge is 2.17. The van der Waals surface area contributed by atoms with Gasteiger partial charge in [0.15, 0.2) is 0 Å². The first-order chi connectivity index (χ1) is 5.04. The van der Waals surface area contributed by atoms with Crippen molar-refractivity contribution in [3.05, 3.63) is 16.3 Å². The Bertz CT molecular complexity index is 314. The largest absolute Gasteiger partial charge is 0.364 e. The first kappa shape index (κ1) is 7.70. The van der Waals surface area contributed by atoms with Gasteiger partial charge in [-0.2, -0.15) is 4.68 Å². The molecule has 2 N–H and O–H groups in total. The van der Waals surface area contributed by atoms with E-state index in [1.165, 1.54) is 7.05 Å². The summed E-state index contributed by atoms with van der Waals surface area (Å²) in [5.41, 5.74) is -0.764. The Hall–Kier alpha value is -1.40. The third kappa shape index (κ3) is 1.08. The van der Waals surface area contributed by atoms with Crippen molar-refractivity contribution in [1.29, 1.82) is 0 Å². The van der Waals surface area contributed by atoms with Crippen LogP contribution in [0.3, 0.4) is 0 Å². The summed E-state index contributed by atoms with van der Waals surface area (Å²) in [6.07, 6.45) is -2.83. The Balaban J connectivity index is 3.30. The maximum absolute atomic E-state index is 11.9. The van der Waals surface area contributed by atoms with Gasteiger partial charge in [0.05, 0.1) is 0 Å². The molecule has 1 aromatic rings. The number of nitrogens with zero attached hydrogens (tertiary/aromatic N) is 3. The number of nitrogen functional groups attached to an aromatic ring is 1. The average molecular weight is 164 g/mol. The second kappa shape index (κ2) is 2.33. The minimum Gasteiger partial charge on any atom is -0.333 e. The molecule has 1 aromatic heterocycles. The first-order valence-corrected chi connectivity index (χ1v) is 2.73. The van der Waals surface area contributed by atoms with E-state index in [1.807, 2.05) is 0 Å². The molecule has 0 aliphatic rings. The molecular weight excluding hydrogens is 158 g/mol. The molecule has 0 spiro atoms. The molecule has 0 unspecified atom stereocenters. The number of aromatic nitrogens is 3. The van der Waals surface area contributed by atoms with Gasteiger partial charge in [0.25, 0.3) is 6.43 Å². The summed E-state index contributed by atoms with van der Waals surface area (Å²) < 4.78 is 24.9. The zero-order chi connectivity index (χ0) is 8.59. The molecule has 0 aromatic carbocycles. The van der Waals surface area contributed by atoms with Gasteiger partial charge in [-0.15, -0.1) is 5.10 Å². The van der Waals surface area contributed by atoms with Crippen LogP contribution in [-0.2, 0) is 7.05 Å². The van der Waals surface area contributed by atoms with Crippen molar-refractivity contribution < 1.29 is 8.78 Å². The fraction of sp³-hybridized carbons (Fsp3) is 0.500. The Morgan fingerprint density at radius 2 is 2.18 bits per heavy atom. The summed E-state index contributed by atoms with van der Waals surface area (Å²) in [6, 6.07) is 0. The van der Waals surface area contributed by atoms with Crippen LogP contribution in [0.15, 0.2) is 4.79 Å². The molecule has 0 amide bonds. The first-order valence-electron chi connectivity index (χ1n) is 2.73. The number of alkyl halides is 2. The van der Waals surface area contributed by atoms with Gasteiger partial charge >= 0.3 is 5.69 Å². The van der Waals surface area contributed by atoms with Crippen molar-refractivity contribution in [2.45, 2.75) is 6.43 Å². The molecule has 11 heavy (non-hydrogen) atoms. The van der Waals surface area contributed by atoms with E-state index in [9.17, 15) is 13.6 Å². The molecule has 0 aliphatic heterocycles. The van der Waals surface area contributed by atoms with E-state index < -0.39 is 17.9 Å². The molecule has 62 valence electrons. The van der Waals surface area contributed by atoms with Crippen LogP contribution in [0.4, 0.5) is 8.78 Å². The van der Waals surface area contributed by atoms with E-state index in [4.69, 9.17) is 5.84 Å². The predicted molar refractivity (Wildman–Crippen MR) is 32.6 cm³/mol. The van der Waals surface area contributed by atoms with Crippen molar-refractivity contribution in [2.75, 3.05) is 5.84 Å². The monoisotopic (exact) mass is 164 g/mol. The smallest absolute Gasteiger partial charge is 0.333 e. The Morgan fingerprint density at radius 1 is 1.64 bits per heavy atom. The van der Waals surface area contributed by atoms with Crippen molar-refractivity contribution in [2.24, 2.45) is 7.05 Å². The molecule has 0 atom stereocenters. The predicted octanol–water partition coefficient (Wildman–Crippen LogP) is -0.767. The fourth-order valence-electron chi connectivity index (χ4n) is 0.647. The summed E-state index contributed by atoms with van der Waals surface area (Å²) in [7, 11) is 1.25. The highest BCUT2D eigenvalue weighted by molar-refractivity contribution is 4.87. The number of nitrogens with two attached hydrogens (primary N) is 1. The summed E-state index contributed by atoms with van der Waals surface area (Å²) in [5.74, 6) is 4.22. The second-order valence-electron chi connectivity index (χ2n) is 1.94. The molecule has 0 radical (unpaired) electrons. The van der Waals surface area contributed by atoms with Gasteiger partial charge in [-0.05, 0) is 0 Å². The van der Waals surface area contributed by atoms with Crippen molar-refractivity contribution in [3.63, 3.8) is 0 Å². The fourth-order valence-corrected chi connectivity index (χ4v) is 0.647. The number of halogens is 2. The molecule has 0 bridgehead atoms. The summed E-state index contributed by atoms with van der Waals surface area (Å²) in [5, 5.41) is 3.20. The van der Waals surface area contributed by atoms with Gasteiger partial charge in [0.1, 0.15) is 0 Å². The number of hydrogen-bond acceptors (Lipinski definition) is 3. The third-order valence-electron chi connectivity index (χ3n) is 1.18. The molecule has 5 nitrogen and oxygen atoms in total. The van der Waals surface area contributed by atoms with E-state index in [1.54, 1.807) is 0 Å². The van der Waals surface area contributed by atoms with Gasteiger partial charge in [0.2, 0.25) is 5.82 Å². The van der Waals surface area contributed by atoms with Crippen LogP contribution in [0, 0.1) is 0 Å². The lowest BCUT2D eigenvalue weighted by Crippen LogP contribution is -2.29. The molecule has 0 aliphatic carbocycles. The summed E-state index contributed by atoms with van der Waals surface area (Å²) in [6.45, 7) is 0. The lowest BCUT2D eigenvalue weighted by molar-refractivity contribution is 0.136. The highest BCUT2D eigenvalue weighted by Crippen LogP contribution is 2.11. The molecule has 0 saturated carbocycles. The Morgan fingerprint density at radius 3 is 2.36 bits per heavy atom. The van der Waals surface area contributed by atoms with Crippen LogP contribution < -0.4 is 11.5 Å². The third-order valence-corrected chi connectivity index (χ3v) is 1.18. The van der Waals surface area contributed by atoms with E-state index in [0.29, 0.717) is 4.68 Å². The zero-order valence-corrected chi connectivity index (χ0v) is 5.66. The van der Waals surface area contributed by atoms with E-state index in [0.717, 1.165) is 4.68 Å². The standard InChI is InChI=1S/C4H6F2N4O/c1-9-4(11)10(7)3(8-9)2(5)6/h2H,7H2,1H3. The zero-order valence-electron chi connectivity index (χ0n) is 5.66. The van der Waals surface area contributed by atoms with Crippen LogP contribution in [0.25, 0.3) is 0 Å². The molecule has 0 fully saturated rings. The van der Waals surface area contributed by atoms with Gasteiger partial charge < -0.3 is 5.84 Å². The SMILES string of the molecule is Cn1nc(C(F)F)n(N)c1=O. The van der Waals surface area contributed by atoms with Gasteiger partial charge in [-0.1, -0.05) is 0 Å². The van der Waals surface area contributed by atoms with Crippen molar-refractivity contribution in [1.82, 2.24) is 14.5 Å². The van der Waals surface area contributed by atoms with Gasteiger partial charge in [0, 0.05) is 7.05 Å². The number of hydrogen-bond donors (Lipinski definition) is 1. The molecule has 7 heteroatoms. The minimum absolute atomic E-state index is 0.324. The van der Waals surface area contributed by atoms with E-state index in [-0.39, 0.29) is 0 Å². The number of rotatable bonds is 1. The average Bonchev–Trinajstić information content (AvgIpc) is 2.17. The lowest BCUT2D eigenvalue weighted by atomic mass is 10.7. The van der Waals surface area contributed by atoms with Crippen LogP contribution >= 0.6 is 0 Å². The molecule has 0 saturated heterocycles. The van der Waals surface area contributed by atoms with Crippen molar-refractivity contribution >= 4 is 0 Å². The van der Waals surface area contributed by atoms with E-state index in [2.05, 4.69) is 5.10 Å². The quantitative estimate of drug-likeness (QED) is 0.554. The van der Waals surface area contributed by atoms with E-state index >= 15 is 0 Å². The van der Waals surface area contributed by atoms with Crippen LogP contribution in [0.5, 0.6) is 0 Å². The normalized spacial score (nSPS) is 10.9. The van der Waals surface area contributed by atoms with Crippen LogP contribution in [0.1, 0.15) is 12.2 Å². The van der Waals surface area contributed by atoms with Gasteiger partial charge in [-0.25, -0.2) is 18.3 Å². The lowest BCUT2D eigenvalue weighted by Gasteiger charge is -1.93. The Kier molecular flexibility index (Phi) is 1.63. The van der Waals surface area contributed by atoms with Crippen LogP contribution in [-0.4, -0.2) is 14.5 Å².